The van der Waals surface area contributed by atoms with E-state index in [-0.39, 0.29) is 16.8 Å². The molecule has 0 aliphatic rings. The van der Waals surface area contributed by atoms with Gasteiger partial charge in [-0.15, -0.1) is 0 Å². The van der Waals surface area contributed by atoms with Crippen molar-refractivity contribution < 1.29 is 4.92 Å². The van der Waals surface area contributed by atoms with E-state index in [9.17, 15) is 14.9 Å². The van der Waals surface area contributed by atoms with Crippen molar-refractivity contribution in [3.8, 4) is 11.1 Å². The van der Waals surface area contributed by atoms with Crippen molar-refractivity contribution in [2.45, 2.75) is 0 Å². The first kappa shape index (κ1) is 12.6. The molecular formula is C13H11N3O3. The van der Waals surface area contributed by atoms with E-state index >= 15 is 0 Å². The lowest BCUT2D eigenvalue weighted by Crippen LogP contribution is -2.01. The Morgan fingerprint density at radius 3 is 2.37 bits per heavy atom. The first-order valence-electron chi connectivity index (χ1n) is 5.43. The van der Waals surface area contributed by atoms with Crippen LogP contribution in [0.3, 0.4) is 0 Å². The number of nitrogen functional groups attached to an aromatic ring is 2. The van der Waals surface area contributed by atoms with Gasteiger partial charge in [-0.1, -0.05) is 12.1 Å². The first-order chi connectivity index (χ1) is 8.99. The third kappa shape index (κ3) is 2.52. The van der Waals surface area contributed by atoms with Crippen molar-refractivity contribution in [3.05, 3.63) is 62.8 Å². The van der Waals surface area contributed by atoms with Crippen molar-refractivity contribution in [2.75, 3.05) is 11.5 Å². The van der Waals surface area contributed by atoms with Crippen LogP contribution in [-0.2, 0) is 0 Å². The molecule has 0 radical (unpaired) electrons. The van der Waals surface area contributed by atoms with Crippen molar-refractivity contribution in [3.63, 3.8) is 0 Å². The molecule has 4 N–H and O–H groups in total. The van der Waals surface area contributed by atoms with Crippen LogP contribution in [0.5, 0.6) is 0 Å². The number of hydrogen-bond acceptors (Lipinski definition) is 5. The molecule has 0 saturated heterocycles. The lowest BCUT2D eigenvalue weighted by Gasteiger charge is -2.02. The maximum Gasteiger partial charge on any atom is 0.279 e. The summed E-state index contributed by atoms with van der Waals surface area (Å²) in [6.45, 7) is 0. The molecule has 2 aromatic carbocycles. The van der Waals surface area contributed by atoms with Gasteiger partial charge in [0.05, 0.1) is 16.2 Å². The highest BCUT2D eigenvalue weighted by atomic mass is 16.6. The topological polar surface area (TPSA) is 112 Å². The molecule has 6 nitrogen and oxygen atoms in total. The largest absolute Gasteiger partial charge is 0.399 e. The SMILES string of the molecule is Nc1ccc(-c2ccc(N)c(=O)cc2)c([N+](=O)[O-])c1. The van der Waals surface area contributed by atoms with Crippen molar-refractivity contribution in [2.24, 2.45) is 0 Å². The summed E-state index contributed by atoms with van der Waals surface area (Å²) >= 11 is 0. The molecule has 0 unspecified atom stereocenters. The molecule has 0 bridgehead atoms. The fourth-order valence-corrected chi connectivity index (χ4v) is 1.70. The molecule has 96 valence electrons. The highest BCUT2D eigenvalue weighted by Gasteiger charge is 2.15. The van der Waals surface area contributed by atoms with E-state index < -0.39 is 4.92 Å². The number of benzene rings is 1. The van der Waals surface area contributed by atoms with Crippen molar-refractivity contribution >= 4 is 17.1 Å². The monoisotopic (exact) mass is 257 g/mol. The average molecular weight is 257 g/mol. The standard InChI is InChI=1S/C13H11N3O3/c14-9-3-4-10(12(7-9)16(18)19)8-1-5-11(15)13(17)6-2-8/h1-7H,14H2,(H2,15,17). The Morgan fingerprint density at radius 1 is 1.00 bits per heavy atom. The number of anilines is 2. The molecule has 0 aromatic heterocycles. The first-order valence-corrected chi connectivity index (χ1v) is 5.43. The predicted molar refractivity (Wildman–Crippen MR) is 73.6 cm³/mol. The molecule has 0 atom stereocenters. The molecule has 6 heteroatoms. The van der Waals surface area contributed by atoms with Crippen LogP contribution in [0, 0.1) is 10.1 Å². The Morgan fingerprint density at radius 2 is 1.68 bits per heavy atom. The Kier molecular flexibility index (Phi) is 3.15. The Hall–Kier alpha value is -2.89. The van der Waals surface area contributed by atoms with Crippen LogP contribution in [0.1, 0.15) is 0 Å². The van der Waals surface area contributed by atoms with Gasteiger partial charge in [0, 0.05) is 11.8 Å². The summed E-state index contributed by atoms with van der Waals surface area (Å²) in [5, 5.41) is 11.0. The Labute approximate surface area is 108 Å². The molecular weight excluding hydrogens is 246 g/mol. The summed E-state index contributed by atoms with van der Waals surface area (Å²) in [5.41, 5.74) is 11.9. The molecule has 19 heavy (non-hydrogen) atoms. The van der Waals surface area contributed by atoms with Crippen LogP contribution in [0.15, 0.2) is 47.3 Å². The fourth-order valence-electron chi connectivity index (χ4n) is 1.70. The number of nitro benzene ring substituents is 1. The van der Waals surface area contributed by atoms with Gasteiger partial charge in [0.2, 0.25) is 5.43 Å². The zero-order valence-corrected chi connectivity index (χ0v) is 9.87. The van der Waals surface area contributed by atoms with Crippen LogP contribution in [0.4, 0.5) is 17.1 Å². The second-order valence-corrected chi connectivity index (χ2v) is 3.98. The summed E-state index contributed by atoms with van der Waals surface area (Å²) < 4.78 is 0. The zero-order chi connectivity index (χ0) is 14.0. The van der Waals surface area contributed by atoms with Crippen LogP contribution in [0.25, 0.3) is 11.1 Å². The normalized spacial score (nSPS) is 10.1. The Balaban J connectivity index is 2.69. The van der Waals surface area contributed by atoms with E-state index in [4.69, 9.17) is 11.5 Å². The van der Waals surface area contributed by atoms with E-state index in [1.54, 1.807) is 18.2 Å². The van der Waals surface area contributed by atoms with E-state index in [2.05, 4.69) is 0 Å². The second-order valence-electron chi connectivity index (χ2n) is 3.98. The van der Waals surface area contributed by atoms with Crippen LogP contribution < -0.4 is 16.9 Å². The molecule has 0 saturated carbocycles. The molecule has 0 heterocycles. The highest BCUT2D eigenvalue weighted by molar-refractivity contribution is 5.76. The second kappa shape index (κ2) is 4.77. The van der Waals surface area contributed by atoms with Crippen LogP contribution in [-0.4, -0.2) is 4.92 Å². The van der Waals surface area contributed by atoms with Gasteiger partial charge in [0.15, 0.2) is 0 Å². The third-order valence-corrected chi connectivity index (χ3v) is 2.67. The zero-order valence-electron chi connectivity index (χ0n) is 9.87. The van der Waals surface area contributed by atoms with Gasteiger partial charge >= 0.3 is 0 Å². The average Bonchev–Trinajstić information content (AvgIpc) is 2.53. The fraction of sp³-hybridized carbons (Fsp3) is 0. The molecule has 0 spiro atoms. The van der Waals surface area contributed by atoms with Crippen molar-refractivity contribution in [1.29, 1.82) is 0 Å². The number of nitrogens with zero attached hydrogens (tertiary/aromatic N) is 1. The van der Waals surface area contributed by atoms with E-state index in [1.807, 2.05) is 0 Å². The van der Waals surface area contributed by atoms with E-state index in [1.165, 1.54) is 24.3 Å². The number of nitrogens with two attached hydrogens (primary N) is 2. The van der Waals surface area contributed by atoms with Gasteiger partial charge in [-0.25, -0.2) is 0 Å². The van der Waals surface area contributed by atoms with Gasteiger partial charge in [-0.2, -0.15) is 0 Å². The molecule has 0 amide bonds. The van der Waals surface area contributed by atoms with Gasteiger partial charge in [0.1, 0.15) is 0 Å². The summed E-state index contributed by atoms with van der Waals surface area (Å²) in [7, 11) is 0. The molecule has 0 aliphatic carbocycles. The molecule has 2 aromatic rings. The summed E-state index contributed by atoms with van der Waals surface area (Å²) in [6, 6.07) is 10.2. The summed E-state index contributed by atoms with van der Waals surface area (Å²) in [5.74, 6) is 0. The minimum Gasteiger partial charge on any atom is -0.399 e. The van der Waals surface area contributed by atoms with Gasteiger partial charge in [-0.3, -0.25) is 14.9 Å². The smallest absolute Gasteiger partial charge is 0.279 e. The van der Waals surface area contributed by atoms with E-state index in [0.717, 1.165) is 0 Å². The van der Waals surface area contributed by atoms with E-state index in [0.29, 0.717) is 16.8 Å². The highest BCUT2D eigenvalue weighted by Crippen LogP contribution is 2.30. The summed E-state index contributed by atoms with van der Waals surface area (Å²) in [6.07, 6.45) is 0. The number of rotatable bonds is 2. The number of hydrogen-bond donors (Lipinski definition) is 2. The molecule has 0 fully saturated rings. The lowest BCUT2D eigenvalue weighted by molar-refractivity contribution is -0.384. The van der Waals surface area contributed by atoms with Gasteiger partial charge < -0.3 is 11.5 Å². The number of nitro groups is 1. The predicted octanol–water partition coefficient (Wildman–Crippen LogP) is 1.79. The quantitative estimate of drug-likeness (QED) is 0.483. The van der Waals surface area contributed by atoms with Gasteiger partial charge in [-0.05, 0) is 29.8 Å². The Bertz CT molecular complexity index is 714. The van der Waals surface area contributed by atoms with Crippen molar-refractivity contribution in [1.82, 2.24) is 0 Å². The third-order valence-electron chi connectivity index (χ3n) is 2.67. The van der Waals surface area contributed by atoms with Gasteiger partial charge in [0.25, 0.3) is 5.69 Å². The maximum atomic E-state index is 11.4. The minimum atomic E-state index is -0.514. The summed E-state index contributed by atoms with van der Waals surface area (Å²) in [4.78, 5) is 21.9. The van der Waals surface area contributed by atoms with Crippen LogP contribution >= 0.6 is 0 Å². The maximum absolute atomic E-state index is 11.4. The molecule has 0 aliphatic heterocycles. The lowest BCUT2D eigenvalue weighted by atomic mass is 10.0. The van der Waals surface area contributed by atoms with Crippen LogP contribution in [0.2, 0.25) is 0 Å². The minimum absolute atomic E-state index is 0.0874. The molecule has 2 rings (SSSR count).